The van der Waals surface area contributed by atoms with Crippen LogP contribution in [0.25, 0.3) is 0 Å². The average Bonchev–Trinajstić information content (AvgIpc) is 2.63. The number of rotatable bonds is 6. The van der Waals surface area contributed by atoms with Crippen LogP contribution in [0.1, 0.15) is 70.9 Å². The van der Waals surface area contributed by atoms with Crippen LogP contribution < -0.4 is 0 Å². The summed E-state index contributed by atoms with van der Waals surface area (Å²) in [4.78, 5) is 0. The van der Waals surface area contributed by atoms with E-state index in [4.69, 9.17) is 0 Å². The highest BCUT2D eigenvalue weighted by molar-refractivity contribution is 5.24. The highest BCUT2D eigenvalue weighted by Gasteiger charge is 2.11. The lowest BCUT2D eigenvalue weighted by atomic mass is 9.88. The van der Waals surface area contributed by atoms with Gasteiger partial charge in [0, 0.05) is 0 Å². The molecule has 0 aromatic heterocycles. The molecule has 122 valence electrons. The Morgan fingerprint density at radius 2 is 1.23 bits per heavy atom. The normalized spacial score (nSPS) is 10.6. The number of hydrogen-bond acceptors (Lipinski definition) is 0. The Balaban J connectivity index is 0.00000102. The van der Waals surface area contributed by atoms with Crippen LogP contribution in [0.4, 0.5) is 0 Å². The standard InChI is InChI=1S/C18H22.2C2H6/c1-2-3-12-18(17-13-8-5-9-14-17)15-16-10-6-4-7-11-16;2*1-2/h4-11,13-14,18H,2-3,12,15H2,1H3;2*1-2H3. The van der Waals surface area contributed by atoms with Crippen LogP contribution in [-0.4, -0.2) is 0 Å². The van der Waals surface area contributed by atoms with Crippen LogP contribution in [0, 0.1) is 0 Å². The van der Waals surface area contributed by atoms with Crippen LogP contribution >= 0.6 is 0 Å². The summed E-state index contributed by atoms with van der Waals surface area (Å²) in [5.41, 5.74) is 2.93. The first-order chi connectivity index (χ1) is 10.9. The van der Waals surface area contributed by atoms with Gasteiger partial charge in [0.05, 0.1) is 0 Å². The molecule has 0 saturated heterocycles. The van der Waals surface area contributed by atoms with E-state index >= 15 is 0 Å². The largest absolute Gasteiger partial charge is 0.0683 e. The minimum atomic E-state index is 0.661. The first-order valence-electron chi connectivity index (χ1n) is 8.99. The van der Waals surface area contributed by atoms with Crippen molar-refractivity contribution in [1.82, 2.24) is 0 Å². The SMILES string of the molecule is CC.CC.CCCCC(Cc1ccccc1)c1ccccc1. The van der Waals surface area contributed by atoms with Gasteiger partial charge >= 0.3 is 0 Å². The summed E-state index contributed by atoms with van der Waals surface area (Å²) < 4.78 is 0. The molecular formula is C22H34. The zero-order valence-electron chi connectivity index (χ0n) is 15.2. The second kappa shape index (κ2) is 14.4. The third kappa shape index (κ3) is 8.02. The molecule has 0 aliphatic carbocycles. The average molecular weight is 299 g/mol. The van der Waals surface area contributed by atoms with Gasteiger partial charge in [0.15, 0.2) is 0 Å². The summed E-state index contributed by atoms with van der Waals surface area (Å²) in [6.45, 7) is 10.3. The van der Waals surface area contributed by atoms with Crippen molar-refractivity contribution in [2.45, 2.75) is 66.2 Å². The maximum absolute atomic E-state index is 2.27. The Hall–Kier alpha value is -1.56. The lowest BCUT2D eigenvalue weighted by Crippen LogP contribution is -2.03. The fraction of sp³-hybridized carbons (Fsp3) is 0.455. The molecule has 0 saturated carbocycles. The zero-order valence-corrected chi connectivity index (χ0v) is 15.2. The Kier molecular flexibility index (Phi) is 13.4. The molecule has 0 fully saturated rings. The molecule has 2 aromatic carbocycles. The fourth-order valence-corrected chi connectivity index (χ4v) is 2.46. The van der Waals surface area contributed by atoms with E-state index in [1.54, 1.807) is 0 Å². The summed E-state index contributed by atoms with van der Waals surface area (Å²) in [7, 11) is 0. The first-order valence-corrected chi connectivity index (χ1v) is 8.99. The fourth-order valence-electron chi connectivity index (χ4n) is 2.46. The summed E-state index contributed by atoms with van der Waals surface area (Å²) in [6, 6.07) is 21.8. The molecule has 0 amide bonds. The van der Waals surface area contributed by atoms with Gasteiger partial charge in [-0.05, 0) is 29.9 Å². The molecule has 2 rings (SSSR count). The van der Waals surface area contributed by atoms with Gasteiger partial charge in [-0.25, -0.2) is 0 Å². The van der Waals surface area contributed by atoms with Gasteiger partial charge in [-0.15, -0.1) is 0 Å². The zero-order chi connectivity index (χ0) is 16.6. The van der Waals surface area contributed by atoms with Gasteiger partial charge in [-0.2, -0.15) is 0 Å². The van der Waals surface area contributed by atoms with Crippen LogP contribution in [0.15, 0.2) is 60.7 Å². The molecule has 0 radical (unpaired) electrons. The van der Waals surface area contributed by atoms with E-state index in [1.807, 2.05) is 27.7 Å². The molecule has 1 unspecified atom stereocenters. The van der Waals surface area contributed by atoms with Crippen molar-refractivity contribution < 1.29 is 0 Å². The van der Waals surface area contributed by atoms with Gasteiger partial charge in [-0.3, -0.25) is 0 Å². The number of hydrogen-bond donors (Lipinski definition) is 0. The molecule has 0 aliphatic heterocycles. The second-order valence-electron chi connectivity index (χ2n) is 4.94. The lowest BCUT2D eigenvalue weighted by molar-refractivity contribution is 0.581. The maximum Gasteiger partial charge on any atom is -0.0121 e. The molecule has 0 nitrogen and oxygen atoms in total. The van der Waals surface area contributed by atoms with E-state index < -0.39 is 0 Å². The summed E-state index contributed by atoms with van der Waals surface area (Å²) in [6.07, 6.45) is 5.03. The van der Waals surface area contributed by atoms with Crippen LogP contribution in [0.5, 0.6) is 0 Å². The summed E-state index contributed by atoms with van der Waals surface area (Å²) >= 11 is 0. The van der Waals surface area contributed by atoms with Gasteiger partial charge in [0.25, 0.3) is 0 Å². The van der Waals surface area contributed by atoms with E-state index in [9.17, 15) is 0 Å². The molecule has 22 heavy (non-hydrogen) atoms. The van der Waals surface area contributed by atoms with Crippen LogP contribution in [0.3, 0.4) is 0 Å². The third-order valence-electron chi connectivity index (χ3n) is 3.50. The highest BCUT2D eigenvalue weighted by atomic mass is 14.2. The molecule has 0 N–H and O–H groups in total. The quantitative estimate of drug-likeness (QED) is 0.526. The lowest BCUT2D eigenvalue weighted by Gasteiger charge is -2.17. The van der Waals surface area contributed by atoms with Gasteiger partial charge in [0.2, 0.25) is 0 Å². The smallest absolute Gasteiger partial charge is 0.0121 e. The molecule has 1 atom stereocenters. The number of benzene rings is 2. The maximum atomic E-state index is 2.27. The van der Waals surface area contributed by atoms with Crippen LogP contribution in [0.2, 0.25) is 0 Å². The van der Waals surface area contributed by atoms with E-state index in [0.29, 0.717) is 5.92 Å². The van der Waals surface area contributed by atoms with Crippen molar-refractivity contribution in [1.29, 1.82) is 0 Å². The molecular weight excluding hydrogens is 264 g/mol. The predicted molar refractivity (Wildman–Crippen MR) is 102 cm³/mol. The van der Waals surface area contributed by atoms with Crippen molar-refractivity contribution >= 4 is 0 Å². The van der Waals surface area contributed by atoms with Crippen molar-refractivity contribution in [2.75, 3.05) is 0 Å². The Bertz CT molecular complexity index is 430. The Labute approximate surface area is 138 Å². The summed E-state index contributed by atoms with van der Waals surface area (Å²) in [5.74, 6) is 0.661. The summed E-state index contributed by atoms with van der Waals surface area (Å²) in [5, 5.41) is 0. The molecule has 0 aliphatic rings. The third-order valence-corrected chi connectivity index (χ3v) is 3.50. The van der Waals surface area contributed by atoms with Crippen molar-refractivity contribution in [3.63, 3.8) is 0 Å². The van der Waals surface area contributed by atoms with Gasteiger partial charge < -0.3 is 0 Å². The minimum Gasteiger partial charge on any atom is -0.0683 e. The van der Waals surface area contributed by atoms with E-state index in [0.717, 1.165) is 6.42 Å². The topological polar surface area (TPSA) is 0 Å². The molecule has 0 bridgehead atoms. The molecule has 0 spiro atoms. The second-order valence-corrected chi connectivity index (χ2v) is 4.94. The van der Waals surface area contributed by atoms with Crippen molar-refractivity contribution in [3.8, 4) is 0 Å². The monoisotopic (exact) mass is 298 g/mol. The highest BCUT2D eigenvalue weighted by Crippen LogP contribution is 2.26. The van der Waals surface area contributed by atoms with Crippen molar-refractivity contribution in [3.05, 3.63) is 71.8 Å². The van der Waals surface area contributed by atoms with Crippen LogP contribution in [-0.2, 0) is 6.42 Å². The van der Waals surface area contributed by atoms with Gasteiger partial charge in [0.1, 0.15) is 0 Å². The van der Waals surface area contributed by atoms with E-state index in [-0.39, 0.29) is 0 Å². The molecule has 0 heterocycles. The minimum absolute atomic E-state index is 0.661. The number of unbranched alkanes of at least 4 members (excludes halogenated alkanes) is 1. The first kappa shape index (κ1) is 20.4. The van der Waals surface area contributed by atoms with E-state index in [2.05, 4.69) is 67.6 Å². The molecule has 0 heteroatoms. The van der Waals surface area contributed by atoms with E-state index in [1.165, 1.54) is 30.4 Å². The van der Waals surface area contributed by atoms with Gasteiger partial charge in [-0.1, -0.05) is 108 Å². The van der Waals surface area contributed by atoms with Crippen molar-refractivity contribution in [2.24, 2.45) is 0 Å². The molecule has 2 aromatic rings. The Morgan fingerprint density at radius 3 is 1.73 bits per heavy atom. The Morgan fingerprint density at radius 1 is 0.727 bits per heavy atom. The predicted octanol–water partition coefficient (Wildman–Crippen LogP) is 7.26.